The summed E-state index contributed by atoms with van der Waals surface area (Å²) in [4.78, 5) is 13.7. The fourth-order valence-electron chi connectivity index (χ4n) is 3.12. The molecule has 0 aliphatic heterocycles. The summed E-state index contributed by atoms with van der Waals surface area (Å²) in [6.45, 7) is 8.13. The van der Waals surface area contributed by atoms with Gasteiger partial charge in [0.2, 0.25) is 0 Å². The van der Waals surface area contributed by atoms with Crippen LogP contribution >= 0.6 is 22.6 Å². The lowest BCUT2D eigenvalue weighted by Gasteiger charge is -2.29. The third-order valence-corrected chi connectivity index (χ3v) is 7.19. The van der Waals surface area contributed by atoms with E-state index in [2.05, 4.69) is 5.32 Å². The molecule has 8 nitrogen and oxygen atoms in total. The maximum Gasteiger partial charge on any atom is 0.410 e. The largest absolute Gasteiger partial charge is 0.444 e. The first-order chi connectivity index (χ1) is 17.1. The van der Waals surface area contributed by atoms with Gasteiger partial charge in [-0.1, -0.05) is 6.92 Å². The van der Waals surface area contributed by atoms with Crippen molar-refractivity contribution in [2.24, 2.45) is 0 Å². The number of amides is 1. The van der Waals surface area contributed by atoms with E-state index in [0.29, 0.717) is 3.57 Å². The third-order valence-electron chi connectivity index (χ3n) is 4.94. The Balaban J connectivity index is 2.34. The summed E-state index contributed by atoms with van der Waals surface area (Å²) in [6.07, 6.45) is -0.644. The van der Waals surface area contributed by atoms with Crippen LogP contribution in [0.3, 0.4) is 0 Å². The van der Waals surface area contributed by atoms with Gasteiger partial charge in [-0.05, 0) is 68.5 Å². The number of ether oxygens (including phenoxy) is 1. The van der Waals surface area contributed by atoms with Gasteiger partial charge in [-0.3, -0.25) is 4.72 Å². The molecule has 0 fully saturated rings. The summed E-state index contributed by atoms with van der Waals surface area (Å²) in [7, 11) is -4.53. The average molecular weight is 660 g/mol. The Kier molecular flexibility index (Phi) is 10.4. The maximum absolute atomic E-state index is 14.7. The highest BCUT2D eigenvalue weighted by molar-refractivity contribution is 14.1. The first kappa shape index (κ1) is 30.9. The van der Waals surface area contributed by atoms with Gasteiger partial charge in [0.25, 0.3) is 0 Å². The molecule has 0 radical (unpaired) electrons. The summed E-state index contributed by atoms with van der Waals surface area (Å²) in [5.74, 6) is -5.48. The summed E-state index contributed by atoms with van der Waals surface area (Å²) in [5.41, 5.74) is -2.95. The van der Waals surface area contributed by atoms with E-state index >= 15 is 0 Å². The van der Waals surface area contributed by atoms with E-state index in [-0.39, 0.29) is 37.9 Å². The molecule has 2 aromatic rings. The molecule has 37 heavy (non-hydrogen) atoms. The van der Waals surface area contributed by atoms with Crippen LogP contribution in [0, 0.1) is 26.8 Å². The van der Waals surface area contributed by atoms with Crippen LogP contribution in [0.2, 0.25) is 0 Å². The van der Waals surface area contributed by atoms with E-state index in [1.807, 2.05) is 27.3 Å². The predicted molar refractivity (Wildman–Crippen MR) is 142 cm³/mol. The first-order valence-electron chi connectivity index (χ1n) is 11.2. The van der Waals surface area contributed by atoms with E-state index in [0.717, 1.165) is 10.4 Å². The van der Waals surface area contributed by atoms with Gasteiger partial charge in [-0.2, -0.15) is 12.7 Å². The Hall–Kier alpha value is -2.33. The Morgan fingerprint density at radius 2 is 1.62 bits per heavy atom. The Morgan fingerprint density at radius 1 is 0.973 bits per heavy atom. The number of likely N-dealkylation sites (N-methyl/N-ethyl adjacent to an activating group) is 2. The molecule has 206 valence electrons. The van der Waals surface area contributed by atoms with Crippen molar-refractivity contribution >= 4 is 56.0 Å². The van der Waals surface area contributed by atoms with Crippen molar-refractivity contribution in [1.29, 1.82) is 0 Å². The molecule has 0 saturated heterocycles. The molecule has 0 aliphatic carbocycles. The molecular weight excluding hydrogens is 631 g/mol. The van der Waals surface area contributed by atoms with Crippen molar-refractivity contribution in [3.05, 3.63) is 51.1 Å². The molecule has 0 aliphatic rings. The Bertz CT molecular complexity index is 1240. The second kappa shape index (κ2) is 12.5. The van der Waals surface area contributed by atoms with Gasteiger partial charge in [0, 0.05) is 35.8 Å². The normalized spacial score (nSPS) is 12.0. The number of hydrogen-bond acceptors (Lipinski definition) is 5. The van der Waals surface area contributed by atoms with Gasteiger partial charge < -0.3 is 15.0 Å². The number of anilines is 3. The van der Waals surface area contributed by atoms with Crippen molar-refractivity contribution in [2.75, 3.05) is 36.2 Å². The number of halogens is 5. The van der Waals surface area contributed by atoms with Gasteiger partial charge in [-0.25, -0.2) is 22.4 Å². The van der Waals surface area contributed by atoms with Crippen molar-refractivity contribution < 1.29 is 35.5 Å². The molecule has 0 spiro atoms. The van der Waals surface area contributed by atoms with Gasteiger partial charge in [0.1, 0.15) is 22.8 Å². The van der Waals surface area contributed by atoms with Gasteiger partial charge in [-0.15, -0.1) is 0 Å². The molecule has 2 aromatic carbocycles. The number of benzene rings is 2. The SMILES string of the molecule is CCN(CCN(CC)S(=O)(=O)Nc1c(F)cc(F)c(F)c1Nc1ccc(I)cc1F)C(=O)OC(C)(C)C. The van der Waals surface area contributed by atoms with E-state index in [4.69, 9.17) is 4.74 Å². The number of carbonyl (C=O) groups is 1. The van der Waals surface area contributed by atoms with Crippen LogP contribution in [0.1, 0.15) is 34.6 Å². The van der Waals surface area contributed by atoms with Crippen molar-refractivity contribution in [3.8, 4) is 0 Å². The second-order valence-electron chi connectivity index (χ2n) is 8.81. The van der Waals surface area contributed by atoms with Crippen LogP contribution < -0.4 is 10.0 Å². The minimum absolute atomic E-state index is 0.0562. The first-order valence-corrected chi connectivity index (χ1v) is 13.8. The van der Waals surface area contributed by atoms with Crippen LogP contribution in [0.15, 0.2) is 24.3 Å². The van der Waals surface area contributed by atoms with Gasteiger partial charge >= 0.3 is 16.3 Å². The molecule has 1 amide bonds. The third kappa shape index (κ3) is 8.33. The monoisotopic (exact) mass is 660 g/mol. The zero-order valence-corrected chi connectivity index (χ0v) is 23.9. The molecule has 0 bridgehead atoms. The number of rotatable bonds is 10. The summed E-state index contributed by atoms with van der Waals surface area (Å²) in [6, 6.07) is 3.96. The van der Waals surface area contributed by atoms with Crippen molar-refractivity contribution in [1.82, 2.24) is 9.21 Å². The Morgan fingerprint density at radius 3 is 2.16 bits per heavy atom. The predicted octanol–water partition coefficient (Wildman–Crippen LogP) is 5.83. The van der Waals surface area contributed by atoms with Crippen LogP contribution in [0.5, 0.6) is 0 Å². The summed E-state index contributed by atoms with van der Waals surface area (Å²) in [5, 5.41) is 2.25. The quantitative estimate of drug-likeness (QED) is 0.190. The van der Waals surface area contributed by atoms with Crippen LogP contribution in [-0.4, -0.2) is 55.5 Å². The molecule has 2 N–H and O–H groups in total. The molecule has 0 saturated carbocycles. The minimum atomic E-state index is -4.53. The molecule has 14 heteroatoms. The molecule has 0 atom stereocenters. The standard InChI is InChI=1S/C23H29F4IN4O4S/c1-6-31(22(33)36-23(3,4)5)10-11-32(7-2)37(34,35)30-20-17(26)13-16(25)19(27)21(20)29-18-9-8-14(28)12-15(18)24/h8-9,12-13,29-30H,6-7,10-11H2,1-5H3. The van der Waals surface area contributed by atoms with E-state index < -0.39 is 56.5 Å². The topological polar surface area (TPSA) is 91.0 Å². The minimum Gasteiger partial charge on any atom is -0.444 e. The smallest absolute Gasteiger partial charge is 0.410 e. The number of carbonyl (C=O) groups excluding carboxylic acids is 1. The molecule has 0 unspecified atom stereocenters. The van der Waals surface area contributed by atoms with Gasteiger partial charge in [0.15, 0.2) is 17.5 Å². The van der Waals surface area contributed by atoms with Crippen molar-refractivity contribution in [3.63, 3.8) is 0 Å². The highest BCUT2D eigenvalue weighted by Gasteiger charge is 2.28. The van der Waals surface area contributed by atoms with Gasteiger partial charge in [0.05, 0.1) is 5.69 Å². The van der Waals surface area contributed by atoms with E-state index in [1.54, 1.807) is 27.7 Å². The van der Waals surface area contributed by atoms with E-state index in [9.17, 15) is 30.8 Å². The lowest BCUT2D eigenvalue weighted by Crippen LogP contribution is -2.44. The lowest BCUT2D eigenvalue weighted by molar-refractivity contribution is 0.0254. The average Bonchev–Trinajstić information content (AvgIpc) is 2.77. The second-order valence-corrected chi connectivity index (χ2v) is 11.7. The van der Waals surface area contributed by atoms with E-state index in [1.165, 1.54) is 24.0 Å². The molecular formula is C23H29F4IN4O4S. The van der Waals surface area contributed by atoms with Crippen LogP contribution in [-0.2, 0) is 14.9 Å². The van der Waals surface area contributed by atoms with Crippen LogP contribution in [0.4, 0.5) is 39.4 Å². The zero-order chi connectivity index (χ0) is 28.1. The van der Waals surface area contributed by atoms with Crippen LogP contribution in [0.25, 0.3) is 0 Å². The zero-order valence-electron chi connectivity index (χ0n) is 21.0. The lowest BCUT2D eigenvalue weighted by atomic mass is 10.2. The maximum atomic E-state index is 14.7. The van der Waals surface area contributed by atoms with Crippen molar-refractivity contribution in [2.45, 2.75) is 40.2 Å². The number of nitrogens with zero attached hydrogens (tertiary/aromatic N) is 2. The summed E-state index contributed by atoms with van der Waals surface area (Å²) < 4.78 is 92.6. The highest BCUT2D eigenvalue weighted by atomic mass is 127. The number of nitrogens with one attached hydrogen (secondary N) is 2. The fourth-order valence-corrected chi connectivity index (χ4v) is 4.82. The highest BCUT2D eigenvalue weighted by Crippen LogP contribution is 2.35. The fraction of sp³-hybridized carbons (Fsp3) is 0.435. The Labute approximate surface area is 227 Å². The molecule has 0 aromatic heterocycles. The molecule has 0 heterocycles. The summed E-state index contributed by atoms with van der Waals surface area (Å²) >= 11 is 1.84. The molecule has 2 rings (SSSR count). The number of hydrogen-bond donors (Lipinski definition) is 2.